The third kappa shape index (κ3) is 3.83. The first-order valence-corrected chi connectivity index (χ1v) is 5.64. The lowest BCUT2D eigenvalue weighted by molar-refractivity contribution is 0.0734. The van der Waals surface area contributed by atoms with E-state index in [4.69, 9.17) is 11.0 Å². The molecule has 0 radical (unpaired) electrons. The van der Waals surface area contributed by atoms with Crippen LogP contribution >= 0.6 is 0 Å². The van der Waals surface area contributed by atoms with Gasteiger partial charge in [-0.05, 0) is 12.0 Å². The van der Waals surface area contributed by atoms with Gasteiger partial charge in [0.1, 0.15) is 5.69 Å². The lowest BCUT2D eigenvalue weighted by Crippen LogP contribution is -2.35. The molecule has 0 saturated carbocycles. The Morgan fingerprint density at radius 1 is 1.65 bits per heavy atom. The standard InChI is InChI=1S/C12H18N4O/c1-9(2)8-16(5-3-4-13)12(17)11-6-10(14)7-15-11/h6-7,9,15H,3,5,8,14H2,1-2H3. The Bertz CT molecular complexity index is 416. The van der Waals surface area contributed by atoms with Crippen molar-refractivity contribution >= 4 is 11.6 Å². The molecule has 1 amide bonds. The van der Waals surface area contributed by atoms with E-state index in [9.17, 15) is 4.79 Å². The fourth-order valence-corrected chi connectivity index (χ4v) is 1.61. The van der Waals surface area contributed by atoms with Gasteiger partial charge in [0.15, 0.2) is 0 Å². The number of hydrogen-bond donors (Lipinski definition) is 2. The number of aromatic amines is 1. The molecule has 0 saturated heterocycles. The minimum absolute atomic E-state index is 0.106. The van der Waals surface area contributed by atoms with Gasteiger partial charge < -0.3 is 15.6 Å². The molecule has 0 aliphatic carbocycles. The van der Waals surface area contributed by atoms with Gasteiger partial charge in [-0.3, -0.25) is 4.79 Å². The second-order valence-corrected chi connectivity index (χ2v) is 4.40. The first-order valence-electron chi connectivity index (χ1n) is 5.64. The summed E-state index contributed by atoms with van der Waals surface area (Å²) in [5, 5.41) is 8.59. The number of nitriles is 1. The van der Waals surface area contributed by atoms with Crippen LogP contribution < -0.4 is 5.73 Å². The number of aromatic nitrogens is 1. The molecule has 0 unspecified atom stereocenters. The molecule has 1 heterocycles. The lowest BCUT2D eigenvalue weighted by Gasteiger charge is -2.22. The van der Waals surface area contributed by atoms with Gasteiger partial charge in [0.25, 0.3) is 5.91 Å². The Balaban J connectivity index is 2.75. The van der Waals surface area contributed by atoms with E-state index in [2.05, 4.69) is 11.1 Å². The van der Waals surface area contributed by atoms with E-state index >= 15 is 0 Å². The highest BCUT2D eigenvalue weighted by molar-refractivity contribution is 5.93. The highest BCUT2D eigenvalue weighted by Crippen LogP contribution is 2.10. The van der Waals surface area contributed by atoms with Crippen LogP contribution in [-0.4, -0.2) is 28.9 Å². The van der Waals surface area contributed by atoms with Crippen LogP contribution in [0.25, 0.3) is 0 Å². The van der Waals surface area contributed by atoms with Gasteiger partial charge in [0.2, 0.25) is 0 Å². The van der Waals surface area contributed by atoms with Crippen molar-refractivity contribution in [3.05, 3.63) is 18.0 Å². The lowest BCUT2D eigenvalue weighted by atomic mass is 10.2. The molecule has 5 nitrogen and oxygen atoms in total. The van der Waals surface area contributed by atoms with Gasteiger partial charge in [0, 0.05) is 25.0 Å². The maximum absolute atomic E-state index is 12.1. The van der Waals surface area contributed by atoms with Crippen molar-refractivity contribution in [2.75, 3.05) is 18.8 Å². The molecule has 0 aromatic carbocycles. The summed E-state index contributed by atoms with van der Waals surface area (Å²) >= 11 is 0. The number of carbonyl (C=O) groups is 1. The summed E-state index contributed by atoms with van der Waals surface area (Å²) in [4.78, 5) is 16.6. The van der Waals surface area contributed by atoms with E-state index in [-0.39, 0.29) is 5.91 Å². The monoisotopic (exact) mass is 234 g/mol. The van der Waals surface area contributed by atoms with Crippen molar-refractivity contribution in [2.24, 2.45) is 5.92 Å². The molecule has 17 heavy (non-hydrogen) atoms. The molecule has 0 aliphatic heterocycles. The number of rotatable bonds is 5. The first-order chi connectivity index (χ1) is 8.04. The number of H-pyrrole nitrogens is 1. The van der Waals surface area contributed by atoms with Crippen LogP contribution in [0.15, 0.2) is 12.3 Å². The zero-order chi connectivity index (χ0) is 12.8. The van der Waals surface area contributed by atoms with E-state index < -0.39 is 0 Å². The molecule has 0 aliphatic rings. The van der Waals surface area contributed by atoms with E-state index in [1.54, 1.807) is 17.2 Å². The maximum Gasteiger partial charge on any atom is 0.270 e. The van der Waals surface area contributed by atoms with Crippen LogP contribution in [0, 0.1) is 17.2 Å². The van der Waals surface area contributed by atoms with Crippen LogP contribution in [-0.2, 0) is 0 Å². The summed E-state index contributed by atoms with van der Waals surface area (Å²) in [6, 6.07) is 3.67. The number of hydrogen-bond acceptors (Lipinski definition) is 3. The Labute approximate surface area is 101 Å². The third-order valence-corrected chi connectivity index (χ3v) is 2.30. The number of nitrogens with zero attached hydrogens (tertiary/aromatic N) is 2. The fourth-order valence-electron chi connectivity index (χ4n) is 1.61. The van der Waals surface area contributed by atoms with E-state index in [0.717, 1.165) is 0 Å². The van der Waals surface area contributed by atoms with Gasteiger partial charge in [0.05, 0.1) is 12.5 Å². The van der Waals surface area contributed by atoms with E-state index in [1.807, 2.05) is 13.8 Å². The molecular weight excluding hydrogens is 216 g/mol. The van der Waals surface area contributed by atoms with Crippen molar-refractivity contribution in [3.8, 4) is 6.07 Å². The molecule has 92 valence electrons. The van der Waals surface area contributed by atoms with Crippen molar-refractivity contribution in [3.63, 3.8) is 0 Å². The maximum atomic E-state index is 12.1. The van der Waals surface area contributed by atoms with E-state index in [0.29, 0.717) is 36.8 Å². The molecule has 0 atom stereocenters. The molecule has 1 rings (SSSR count). The summed E-state index contributed by atoms with van der Waals surface area (Å²) in [5.74, 6) is 0.260. The number of nitrogens with one attached hydrogen (secondary N) is 1. The molecule has 1 aromatic heterocycles. The van der Waals surface area contributed by atoms with Crippen molar-refractivity contribution in [2.45, 2.75) is 20.3 Å². The van der Waals surface area contributed by atoms with Gasteiger partial charge >= 0.3 is 0 Å². The minimum atomic E-state index is -0.106. The van der Waals surface area contributed by atoms with Crippen LogP contribution in [0.3, 0.4) is 0 Å². The Kier molecular flexibility index (Phi) is 4.58. The van der Waals surface area contributed by atoms with Crippen LogP contribution in [0.5, 0.6) is 0 Å². The number of carbonyl (C=O) groups excluding carboxylic acids is 1. The Morgan fingerprint density at radius 2 is 2.35 bits per heavy atom. The number of anilines is 1. The summed E-state index contributed by atoms with van der Waals surface area (Å²) in [6.45, 7) is 5.16. The highest BCUT2D eigenvalue weighted by atomic mass is 16.2. The second-order valence-electron chi connectivity index (χ2n) is 4.40. The number of nitrogen functional groups attached to an aromatic ring is 1. The smallest absolute Gasteiger partial charge is 0.270 e. The van der Waals surface area contributed by atoms with Crippen molar-refractivity contribution in [1.29, 1.82) is 5.26 Å². The first kappa shape index (κ1) is 13.1. The van der Waals surface area contributed by atoms with Gasteiger partial charge in [-0.15, -0.1) is 0 Å². The van der Waals surface area contributed by atoms with Gasteiger partial charge in [-0.1, -0.05) is 13.8 Å². The van der Waals surface area contributed by atoms with Crippen LogP contribution in [0.2, 0.25) is 0 Å². The molecule has 0 fully saturated rings. The quantitative estimate of drug-likeness (QED) is 0.811. The topological polar surface area (TPSA) is 85.9 Å². The SMILES string of the molecule is CC(C)CN(CCC#N)C(=O)c1cc(N)c[nH]1. The van der Waals surface area contributed by atoms with Crippen LogP contribution in [0.4, 0.5) is 5.69 Å². The largest absolute Gasteiger partial charge is 0.397 e. The van der Waals surface area contributed by atoms with Crippen molar-refractivity contribution in [1.82, 2.24) is 9.88 Å². The fraction of sp³-hybridized carbons (Fsp3) is 0.500. The Morgan fingerprint density at radius 3 is 2.82 bits per heavy atom. The zero-order valence-electron chi connectivity index (χ0n) is 10.2. The normalized spacial score (nSPS) is 10.2. The summed E-state index contributed by atoms with van der Waals surface area (Å²) in [7, 11) is 0. The molecule has 3 N–H and O–H groups in total. The van der Waals surface area contributed by atoms with Gasteiger partial charge in [-0.2, -0.15) is 5.26 Å². The average molecular weight is 234 g/mol. The van der Waals surface area contributed by atoms with Crippen molar-refractivity contribution < 1.29 is 4.79 Å². The second kappa shape index (κ2) is 5.94. The van der Waals surface area contributed by atoms with Gasteiger partial charge in [-0.25, -0.2) is 0 Å². The summed E-state index contributed by atoms with van der Waals surface area (Å²) in [5.41, 5.74) is 6.58. The summed E-state index contributed by atoms with van der Waals surface area (Å²) in [6.07, 6.45) is 1.93. The molecule has 0 spiro atoms. The highest BCUT2D eigenvalue weighted by Gasteiger charge is 2.17. The molecular formula is C12H18N4O. The van der Waals surface area contributed by atoms with Crippen LogP contribution in [0.1, 0.15) is 30.8 Å². The predicted octanol–water partition coefficient (Wildman–Crippen LogP) is 1.61. The Hall–Kier alpha value is -1.96. The molecule has 5 heteroatoms. The minimum Gasteiger partial charge on any atom is -0.397 e. The summed E-state index contributed by atoms with van der Waals surface area (Å²) < 4.78 is 0. The zero-order valence-corrected chi connectivity index (χ0v) is 10.2. The molecule has 1 aromatic rings. The average Bonchev–Trinajstić information content (AvgIpc) is 2.69. The number of nitrogens with two attached hydrogens (primary N) is 1. The molecule has 0 bridgehead atoms. The third-order valence-electron chi connectivity index (χ3n) is 2.30. The van der Waals surface area contributed by atoms with E-state index in [1.165, 1.54) is 0 Å². The number of amides is 1. The predicted molar refractivity (Wildman–Crippen MR) is 66.2 cm³/mol.